The van der Waals surface area contributed by atoms with E-state index in [0.29, 0.717) is 12.5 Å². The highest BCUT2D eigenvalue weighted by molar-refractivity contribution is 5.32. The second kappa shape index (κ2) is 6.82. The molecule has 0 bridgehead atoms. The molecule has 1 fully saturated rings. The summed E-state index contributed by atoms with van der Waals surface area (Å²) in [4.78, 5) is 12.7. The minimum atomic E-state index is -0.155. The third kappa shape index (κ3) is 3.78. The molecular weight excluding hydrogens is 255 g/mol. The lowest BCUT2D eigenvalue weighted by Crippen LogP contribution is -2.34. The summed E-state index contributed by atoms with van der Waals surface area (Å²) in [7, 11) is 0. The van der Waals surface area contributed by atoms with Crippen LogP contribution in [0.5, 0.6) is 0 Å². The van der Waals surface area contributed by atoms with Crippen molar-refractivity contribution in [1.29, 1.82) is 0 Å². The predicted octanol–water partition coefficient (Wildman–Crippen LogP) is 4.33. The Labute approximate surface area is 120 Å². The van der Waals surface area contributed by atoms with Crippen molar-refractivity contribution in [3.63, 3.8) is 0 Å². The topological polar surface area (TPSA) is 32.7 Å². The minimum absolute atomic E-state index is 0.155. The van der Waals surface area contributed by atoms with E-state index in [-0.39, 0.29) is 5.83 Å². The number of halogens is 1. The first-order valence-electron chi connectivity index (χ1n) is 7.38. The largest absolute Gasteiger partial charge is 0.375 e. The molecule has 0 aromatic carbocycles. The number of nitroso groups, excluding NO2 is 1. The van der Waals surface area contributed by atoms with Gasteiger partial charge in [-0.3, -0.25) is 0 Å². The van der Waals surface area contributed by atoms with E-state index in [2.05, 4.69) is 10.1 Å². The fourth-order valence-electron chi connectivity index (χ4n) is 3.05. The fraction of sp³-hybridized carbons (Fsp3) is 0.625. The summed E-state index contributed by atoms with van der Waals surface area (Å²) in [6, 6.07) is 0. The number of piperidine rings is 1. The van der Waals surface area contributed by atoms with Crippen LogP contribution in [-0.4, -0.2) is 24.5 Å². The van der Waals surface area contributed by atoms with E-state index in [4.69, 9.17) is 0 Å². The summed E-state index contributed by atoms with van der Waals surface area (Å²) in [6.07, 6.45) is 7.14. The van der Waals surface area contributed by atoms with Gasteiger partial charge in [0.1, 0.15) is 5.83 Å². The predicted molar refractivity (Wildman–Crippen MR) is 79.8 cm³/mol. The van der Waals surface area contributed by atoms with Gasteiger partial charge in [0, 0.05) is 18.8 Å². The van der Waals surface area contributed by atoms with Crippen LogP contribution in [0.1, 0.15) is 39.5 Å². The first-order chi connectivity index (χ1) is 9.60. The monoisotopic (exact) mass is 278 g/mol. The lowest BCUT2D eigenvalue weighted by molar-refractivity contribution is 0.223. The van der Waals surface area contributed by atoms with E-state index < -0.39 is 0 Å². The maximum Gasteiger partial charge on any atom is 0.123 e. The van der Waals surface area contributed by atoms with Gasteiger partial charge in [0.25, 0.3) is 0 Å². The van der Waals surface area contributed by atoms with Crippen LogP contribution in [0.25, 0.3) is 0 Å². The molecule has 1 aliphatic heterocycles. The number of hydrogen-bond donors (Lipinski definition) is 0. The first kappa shape index (κ1) is 14.9. The molecule has 0 radical (unpaired) electrons. The number of allylic oxidation sites excluding steroid dienone is 6. The van der Waals surface area contributed by atoms with Gasteiger partial charge < -0.3 is 4.90 Å². The summed E-state index contributed by atoms with van der Waals surface area (Å²) in [5.41, 5.74) is 3.37. The Morgan fingerprint density at radius 1 is 1.25 bits per heavy atom. The van der Waals surface area contributed by atoms with E-state index >= 15 is 0 Å². The molecule has 1 heterocycles. The van der Waals surface area contributed by atoms with Crippen molar-refractivity contribution in [2.45, 2.75) is 39.5 Å². The Kier molecular flexibility index (Phi) is 5.10. The van der Waals surface area contributed by atoms with Gasteiger partial charge in [-0.05, 0) is 63.2 Å². The average molecular weight is 278 g/mol. The molecule has 0 atom stereocenters. The van der Waals surface area contributed by atoms with Crippen LogP contribution >= 0.6 is 0 Å². The zero-order valence-electron chi connectivity index (χ0n) is 12.4. The smallest absolute Gasteiger partial charge is 0.123 e. The van der Waals surface area contributed by atoms with Crippen LogP contribution in [-0.2, 0) is 0 Å². The molecule has 2 rings (SSSR count). The lowest BCUT2D eigenvalue weighted by Gasteiger charge is -2.35. The standard InChI is InChI=1S/C16H23FN2O/c1-12-3-4-16(13(2)10-15(17)9-12)19-7-5-14(6-8-19)11-18-20/h9-10,14H,3-8,11H2,1-2H3/b12-9?,15-10+,16-13+. The Balaban J connectivity index is 2.08. The molecule has 0 unspecified atom stereocenters. The van der Waals surface area contributed by atoms with Crippen molar-refractivity contribution < 1.29 is 4.39 Å². The van der Waals surface area contributed by atoms with Gasteiger partial charge in [-0.2, -0.15) is 4.91 Å². The molecule has 3 nitrogen and oxygen atoms in total. The van der Waals surface area contributed by atoms with Gasteiger partial charge in [0.15, 0.2) is 0 Å². The highest BCUT2D eigenvalue weighted by Crippen LogP contribution is 2.28. The molecule has 1 saturated heterocycles. The van der Waals surface area contributed by atoms with Gasteiger partial charge in [-0.1, -0.05) is 10.7 Å². The molecule has 0 N–H and O–H groups in total. The SMILES string of the molecule is CC1=C/C(F)=C\C(C)=C(\N2CCC(CN=O)CC2)CC1. The van der Waals surface area contributed by atoms with Gasteiger partial charge in [0.05, 0.1) is 6.54 Å². The van der Waals surface area contributed by atoms with E-state index in [9.17, 15) is 9.30 Å². The summed E-state index contributed by atoms with van der Waals surface area (Å²) in [5.74, 6) is 0.268. The summed E-state index contributed by atoms with van der Waals surface area (Å²) >= 11 is 0. The third-order valence-corrected chi connectivity index (χ3v) is 4.28. The summed E-state index contributed by atoms with van der Waals surface area (Å²) in [6.45, 7) is 6.30. The van der Waals surface area contributed by atoms with Crippen molar-refractivity contribution in [2.24, 2.45) is 11.1 Å². The summed E-state index contributed by atoms with van der Waals surface area (Å²) in [5, 5.41) is 3.01. The Bertz CT molecular complexity index is 457. The molecule has 0 amide bonds. The maximum atomic E-state index is 13.7. The van der Waals surface area contributed by atoms with Crippen LogP contribution in [0.4, 0.5) is 4.39 Å². The number of likely N-dealkylation sites (tertiary alicyclic amines) is 1. The number of hydrogen-bond acceptors (Lipinski definition) is 3. The molecule has 0 saturated carbocycles. The van der Waals surface area contributed by atoms with Crippen LogP contribution < -0.4 is 0 Å². The molecule has 110 valence electrons. The molecule has 2 aliphatic rings. The van der Waals surface area contributed by atoms with Crippen LogP contribution in [0.15, 0.2) is 40.0 Å². The highest BCUT2D eigenvalue weighted by atomic mass is 19.1. The fourth-order valence-corrected chi connectivity index (χ4v) is 3.05. The Morgan fingerprint density at radius 3 is 2.60 bits per heavy atom. The number of rotatable bonds is 3. The van der Waals surface area contributed by atoms with Crippen molar-refractivity contribution in [3.8, 4) is 0 Å². The van der Waals surface area contributed by atoms with Crippen molar-refractivity contribution in [3.05, 3.63) is 39.7 Å². The highest BCUT2D eigenvalue weighted by Gasteiger charge is 2.22. The summed E-state index contributed by atoms with van der Waals surface area (Å²) < 4.78 is 13.7. The molecule has 0 spiro atoms. The van der Waals surface area contributed by atoms with Crippen molar-refractivity contribution in [1.82, 2.24) is 4.90 Å². The zero-order chi connectivity index (χ0) is 14.5. The van der Waals surface area contributed by atoms with Gasteiger partial charge >= 0.3 is 0 Å². The molecule has 0 aromatic rings. The van der Waals surface area contributed by atoms with Crippen molar-refractivity contribution in [2.75, 3.05) is 19.6 Å². The average Bonchev–Trinajstić information content (AvgIpc) is 2.39. The van der Waals surface area contributed by atoms with Gasteiger partial charge in [-0.25, -0.2) is 4.39 Å². The second-order valence-electron chi connectivity index (χ2n) is 5.89. The maximum absolute atomic E-state index is 13.7. The van der Waals surface area contributed by atoms with Crippen LogP contribution in [0, 0.1) is 10.8 Å². The van der Waals surface area contributed by atoms with Crippen molar-refractivity contribution >= 4 is 0 Å². The van der Waals surface area contributed by atoms with E-state index in [1.54, 1.807) is 12.2 Å². The minimum Gasteiger partial charge on any atom is -0.375 e. The Hall–Kier alpha value is -1.45. The quantitative estimate of drug-likeness (QED) is 0.720. The zero-order valence-corrected chi connectivity index (χ0v) is 12.4. The molecule has 1 aliphatic carbocycles. The van der Waals surface area contributed by atoms with Gasteiger partial charge in [-0.15, -0.1) is 0 Å². The number of nitrogens with zero attached hydrogens (tertiary/aromatic N) is 2. The van der Waals surface area contributed by atoms with E-state index in [1.165, 1.54) is 5.70 Å². The normalized spacial score (nSPS) is 28.2. The van der Waals surface area contributed by atoms with Crippen LogP contribution in [0.2, 0.25) is 0 Å². The Morgan fingerprint density at radius 2 is 1.95 bits per heavy atom. The van der Waals surface area contributed by atoms with E-state index in [0.717, 1.165) is 49.9 Å². The third-order valence-electron chi connectivity index (χ3n) is 4.28. The first-order valence-corrected chi connectivity index (χ1v) is 7.38. The second-order valence-corrected chi connectivity index (χ2v) is 5.89. The van der Waals surface area contributed by atoms with Crippen LogP contribution in [0.3, 0.4) is 0 Å². The van der Waals surface area contributed by atoms with Gasteiger partial charge in [0.2, 0.25) is 0 Å². The molecule has 4 heteroatoms. The molecule has 0 aromatic heterocycles. The van der Waals surface area contributed by atoms with E-state index in [1.807, 2.05) is 13.8 Å². The molecule has 20 heavy (non-hydrogen) atoms. The molecular formula is C16H23FN2O. The lowest BCUT2D eigenvalue weighted by atomic mass is 9.94.